The summed E-state index contributed by atoms with van der Waals surface area (Å²) in [7, 11) is 0. The van der Waals surface area contributed by atoms with E-state index in [4.69, 9.17) is 12.2 Å². The zero-order valence-corrected chi connectivity index (χ0v) is 13.7. The van der Waals surface area contributed by atoms with Crippen LogP contribution in [-0.2, 0) is 6.54 Å². The number of halogens is 1. The highest BCUT2D eigenvalue weighted by Gasteiger charge is 2.03. The lowest BCUT2D eigenvalue weighted by Crippen LogP contribution is -2.27. The van der Waals surface area contributed by atoms with Crippen LogP contribution >= 0.6 is 12.2 Å². The van der Waals surface area contributed by atoms with Gasteiger partial charge in [-0.15, -0.1) is 0 Å². The number of nitrogens with one attached hydrogen (secondary N) is 2. The van der Waals surface area contributed by atoms with Crippen LogP contribution in [-0.4, -0.2) is 5.11 Å². The fourth-order valence-electron chi connectivity index (χ4n) is 2.09. The number of rotatable bonds is 5. The molecule has 0 aromatic heterocycles. The molecule has 1 atom stereocenters. The lowest BCUT2D eigenvalue weighted by Gasteiger charge is -2.13. The van der Waals surface area contributed by atoms with Gasteiger partial charge >= 0.3 is 0 Å². The summed E-state index contributed by atoms with van der Waals surface area (Å²) in [4.78, 5) is 0. The van der Waals surface area contributed by atoms with Gasteiger partial charge in [0.05, 0.1) is 0 Å². The van der Waals surface area contributed by atoms with Crippen molar-refractivity contribution in [2.45, 2.75) is 32.7 Å². The fraction of sp³-hybridized carbons (Fsp3) is 0.278. The molecule has 0 saturated heterocycles. The molecule has 0 spiro atoms. The van der Waals surface area contributed by atoms with E-state index < -0.39 is 0 Å². The minimum atomic E-state index is -0.231. The van der Waals surface area contributed by atoms with Gasteiger partial charge in [0.2, 0.25) is 0 Å². The van der Waals surface area contributed by atoms with Crippen molar-refractivity contribution in [2.24, 2.45) is 0 Å². The van der Waals surface area contributed by atoms with Crippen molar-refractivity contribution in [1.29, 1.82) is 0 Å². The number of anilines is 1. The molecule has 0 fully saturated rings. The van der Waals surface area contributed by atoms with E-state index >= 15 is 0 Å². The normalized spacial score (nSPS) is 11.8. The largest absolute Gasteiger partial charge is 0.358 e. The first kappa shape index (κ1) is 16.4. The van der Waals surface area contributed by atoms with E-state index in [1.165, 1.54) is 17.7 Å². The molecular formula is C18H21FN2S. The summed E-state index contributed by atoms with van der Waals surface area (Å²) in [6.45, 7) is 4.97. The summed E-state index contributed by atoms with van der Waals surface area (Å²) >= 11 is 5.27. The van der Waals surface area contributed by atoms with Gasteiger partial charge in [0.1, 0.15) is 5.82 Å². The maximum absolute atomic E-state index is 12.8. The first-order valence-corrected chi connectivity index (χ1v) is 7.88. The summed E-state index contributed by atoms with van der Waals surface area (Å²) in [5.41, 5.74) is 3.28. The van der Waals surface area contributed by atoms with Crippen LogP contribution in [0.25, 0.3) is 0 Å². The lowest BCUT2D eigenvalue weighted by atomic mass is 9.99. The van der Waals surface area contributed by atoms with E-state index in [1.54, 1.807) is 12.1 Å². The molecule has 0 radical (unpaired) electrons. The first-order chi connectivity index (χ1) is 10.6. The average Bonchev–Trinajstić information content (AvgIpc) is 2.54. The topological polar surface area (TPSA) is 24.1 Å². The Balaban J connectivity index is 1.85. The lowest BCUT2D eigenvalue weighted by molar-refractivity contribution is 0.627. The van der Waals surface area contributed by atoms with Gasteiger partial charge in [0, 0.05) is 12.2 Å². The molecule has 0 heterocycles. The summed E-state index contributed by atoms with van der Waals surface area (Å²) in [6, 6.07) is 14.7. The Hall–Kier alpha value is -1.94. The third-order valence-corrected chi connectivity index (χ3v) is 3.96. The Kier molecular flexibility index (Phi) is 5.90. The van der Waals surface area contributed by atoms with Crippen molar-refractivity contribution in [3.8, 4) is 0 Å². The maximum Gasteiger partial charge on any atom is 0.171 e. The fourth-order valence-corrected chi connectivity index (χ4v) is 2.28. The standard InChI is InChI=1S/C18H21FN2S/c1-3-13(2)15-6-10-17(11-7-15)21-18(22)20-12-14-4-8-16(19)9-5-14/h4-11,13H,3,12H2,1-2H3,(H2,20,21,22)/t13-/m1/s1. The molecule has 0 aliphatic carbocycles. The molecule has 4 heteroatoms. The Labute approximate surface area is 136 Å². The predicted molar refractivity (Wildman–Crippen MR) is 94.6 cm³/mol. The number of thiocarbonyl (C=S) groups is 1. The Morgan fingerprint density at radius 1 is 1.09 bits per heavy atom. The molecule has 22 heavy (non-hydrogen) atoms. The van der Waals surface area contributed by atoms with Gasteiger partial charge in [-0.1, -0.05) is 38.1 Å². The Morgan fingerprint density at radius 2 is 1.73 bits per heavy atom. The summed E-state index contributed by atoms with van der Waals surface area (Å²) in [5, 5.41) is 6.82. The average molecular weight is 316 g/mol. The van der Waals surface area contributed by atoms with Gasteiger partial charge in [-0.05, 0) is 59.9 Å². The van der Waals surface area contributed by atoms with Gasteiger partial charge in [-0.3, -0.25) is 0 Å². The van der Waals surface area contributed by atoms with Crippen molar-refractivity contribution in [3.05, 3.63) is 65.5 Å². The monoisotopic (exact) mass is 316 g/mol. The van der Waals surface area contributed by atoms with Gasteiger partial charge in [0.15, 0.2) is 5.11 Å². The Bertz CT molecular complexity index is 608. The van der Waals surface area contributed by atoms with E-state index in [1.807, 2.05) is 12.1 Å². The number of hydrogen-bond donors (Lipinski definition) is 2. The minimum Gasteiger partial charge on any atom is -0.358 e. The molecule has 2 aromatic carbocycles. The maximum atomic E-state index is 12.8. The van der Waals surface area contributed by atoms with Crippen LogP contribution in [0, 0.1) is 5.82 Å². The van der Waals surface area contributed by atoms with Crippen molar-refractivity contribution < 1.29 is 4.39 Å². The van der Waals surface area contributed by atoms with Crippen LogP contribution in [0.1, 0.15) is 37.3 Å². The SMILES string of the molecule is CC[C@@H](C)c1ccc(NC(=S)NCc2ccc(F)cc2)cc1. The molecule has 0 amide bonds. The summed E-state index contributed by atoms with van der Waals surface area (Å²) < 4.78 is 12.8. The second-order valence-electron chi connectivity index (χ2n) is 5.37. The second-order valence-corrected chi connectivity index (χ2v) is 5.77. The molecule has 2 rings (SSSR count). The van der Waals surface area contributed by atoms with Gasteiger partial charge in [-0.25, -0.2) is 4.39 Å². The van der Waals surface area contributed by atoms with E-state index in [0.717, 1.165) is 17.7 Å². The smallest absolute Gasteiger partial charge is 0.171 e. The van der Waals surface area contributed by atoms with Gasteiger partial charge < -0.3 is 10.6 Å². The van der Waals surface area contributed by atoms with Crippen molar-refractivity contribution >= 4 is 23.0 Å². The van der Waals surface area contributed by atoms with Crippen LogP contribution in [0.2, 0.25) is 0 Å². The van der Waals surface area contributed by atoms with Crippen molar-refractivity contribution in [2.75, 3.05) is 5.32 Å². The zero-order chi connectivity index (χ0) is 15.9. The van der Waals surface area contributed by atoms with Gasteiger partial charge in [-0.2, -0.15) is 0 Å². The van der Waals surface area contributed by atoms with E-state index in [2.05, 4.69) is 36.6 Å². The third-order valence-electron chi connectivity index (χ3n) is 3.72. The Morgan fingerprint density at radius 3 is 2.32 bits per heavy atom. The second kappa shape index (κ2) is 7.90. The number of benzene rings is 2. The summed E-state index contributed by atoms with van der Waals surface area (Å²) in [6.07, 6.45) is 1.13. The highest BCUT2D eigenvalue weighted by Crippen LogP contribution is 2.20. The highest BCUT2D eigenvalue weighted by molar-refractivity contribution is 7.80. The zero-order valence-electron chi connectivity index (χ0n) is 12.9. The van der Waals surface area contributed by atoms with E-state index in [9.17, 15) is 4.39 Å². The molecule has 2 N–H and O–H groups in total. The van der Waals surface area contributed by atoms with E-state index in [0.29, 0.717) is 17.6 Å². The quantitative estimate of drug-likeness (QED) is 0.773. The van der Waals surface area contributed by atoms with Crippen LogP contribution in [0.4, 0.5) is 10.1 Å². The van der Waals surface area contributed by atoms with Crippen LogP contribution < -0.4 is 10.6 Å². The van der Waals surface area contributed by atoms with Crippen molar-refractivity contribution in [3.63, 3.8) is 0 Å². The molecule has 0 saturated carbocycles. The molecule has 0 unspecified atom stereocenters. The minimum absolute atomic E-state index is 0.231. The van der Waals surface area contributed by atoms with Crippen molar-refractivity contribution in [1.82, 2.24) is 5.32 Å². The van der Waals surface area contributed by atoms with Crippen LogP contribution in [0.3, 0.4) is 0 Å². The van der Waals surface area contributed by atoms with Gasteiger partial charge in [0.25, 0.3) is 0 Å². The molecular weight excluding hydrogens is 295 g/mol. The molecule has 0 aliphatic heterocycles. The number of hydrogen-bond acceptors (Lipinski definition) is 1. The van der Waals surface area contributed by atoms with Crippen LogP contribution in [0.5, 0.6) is 0 Å². The highest BCUT2D eigenvalue weighted by atomic mass is 32.1. The summed E-state index contributed by atoms with van der Waals surface area (Å²) in [5.74, 6) is 0.337. The molecule has 0 bridgehead atoms. The third kappa shape index (κ3) is 4.81. The van der Waals surface area contributed by atoms with Crippen LogP contribution in [0.15, 0.2) is 48.5 Å². The molecule has 2 nitrogen and oxygen atoms in total. The molecule has 116 valence electrons. The predicted octanol–water partition coefficient (Wildman–Crippen LogP) is 4.83. The van der Waals surface area contributed by atoms with E-state index in [-0.39, 0.29) is 5.82 Å². The molecule has 2 aromatic rings. The first-order valence-electron chi connectivity index (χ1n) is 7.47. The molecule has 0 aliphatic rings.